The Kier molecular flexibility index (Phi) is 5.23. The number of hydrogen-bond acceptors (Lipinski definition) is 5. The average Bonchev–Trinajstić information content (AvgIpc) is 3.38. The molecule has 4 rings (SSSR count). The van der Waals surface area contributed by atoms with Crippen LogP contribution < -0.4 is 15.8 Å². The predicted molar refractivity (Wildman–Crippen MR) is 120 cm³/mol. The fourth-order valence-electron chi connectivity index (χ4n) is 4.58. The van der Waals surface area contributed by atoms with Crippen LogP contribution in [-0.4, -0.2) is 40.4 Å². The van der Waals surface area contributed by atoms with Crippen LogP contribution in [0.5, 0.6) is 5.75 Å². The zero-order valence-corrected chi connectivity index (χ0v) is 19.5. The SMILES string of the molecule is Cc1cc2c(cc1Cl)C(NC(=O)[C@@H]1C[C@H]1CN1C(=O)CC(C)(C)N=C1N)CC(C)(C)O2. The van der Waals surface area contributed by atoms with Crippen molar-refractivity contribution in [1.82, 2.24) is 10.2 Å². The van der Waals surface area contributed by atoms with Gasteiger partial charge in [0.25, 0.3) is 0 Å². The number of guanidine groups is 1. The Labute approximate surface area is 188 Å². The highest BCUT2D eigenvalue weighted by molar-refractivity contribution is 6.31. The molecule has 0 spiro atoms. The lowest BCUT2D eigenvalue weighted by molar-refractivity contribution is -0.130. The van der Waals surface area contributed by atoms with Gasteiger partial charge in [-0.1, -0.05) is 11.6 Å². The number of carbonyl (C=O) groups is 2. The number of ether oxygens (including phenoxy) is 1. The Morgan fingerprint density at radius 1 is 1.35 bits per heavy atom. The van der Waals surface area contributed by atoms with Crippen LogP contribution >= 0.6 is 11.6 Å². The molecule has 1 unspecified atom stereocenters. The van der Waals surface area contributed by atoms with Crippen LogP contribution in [0.15, 0.2) is 17.1 Å². The van der Waals surface area contributed by atoms with E-state index in [1.807, 2.05) is 46.8 Å². The number of hydrogen-bond donors (Lipinski definition) is 2. The molecular weight excluding hydrogens is 416 g/mol. The molecule has 1 fully saturated rings. The molecule has 0 radical (unpaired) electrons. The van der Waals surface area contributed by atoms with Crippen LogP contribution in [0, 0.1) is 18.8 Å². The summed E-state index contributed by atoms with van der Waals surface area (Å²) in [6.07, 6.45) is 1.72. The van der Waals surface area contributed by atoms with Gasteiger partial charge in [0.2, 0.25) is 11.8 Å². The number of halogens is 1. The van der Waals surface area contributed by atoms with E-state index in [0.717, 1.165) is 23.3 Å². The maximum atomic E-state index is 13.0. The van der Waals surface area contributed by atoms with Gasteiger partial charge >= 0.3 is 0 Å². The maximum Gasteiger partial charge on any atom is 0.231 e. The lowest BCUT2D eigenvalue weighted by Crippen LogP contribution is -2.50. The first-order chi connectivity index (χ1) is 14.3. The number of fused-ring (bicyclic) bond motifs is 1. The topological polar surface area (TPSA) is 97.0 Å². The van der Waals surface area contributed by atoms with Crippen LogP contribution in [0.2, 0.25) is 5.02 Å². The van der Waals surface area contributed by atoms with Crippen molar-refractivity contribution in [2.24, 2.45) is 22.6 Å². The molecule has 2 heterocycles. The summed E-state index contributed by atoms with van der Waals surface area (Å²) in [5.74, 6) is 0.932. The van der Waals surface area contributed by atoms with Crippen molar-refractivity contribution >= 4 is 29.4 Å². The second-order valence-corrected chi connectivity index (χ2v) is 10.7. The van der Waals surface area contributed by atoms with Gasteiger partial charge < -0.3 is 15.8 Å². The van der Waals surface area contributed by atoms with Crippen molar-refractivity contribution < 1.29 is 14.3 Å². The predicted octanol–water partition coefficient (Wildman–Crippen LogP) is 3.33. The monoisotopic (exact) mass is 446 g/mol. The molecule has 3 N–H and O–H groups in total. The van der Waals surface area contributed by atoms with Crippen LogP contribution in [0.3, 0.4) is 0 Å². The van der Waals surface area contributed by atoms with Crippen molar-refractivity contribution in [3.63, 3.8) is 0 Å². The Hall–Kier alpha value is -2.28. The fourth-order valence-corrected chi connectivity index (χ4v) is 4.76. The Morgan fingerprint density at radius 3 is 2.74 bits per heavy atom. The summed E-state index contributed by atoms with van der Waals surface area (Å²) in [7, 11) is 0. The molecule has 168 valence electrons. The molecule has 2 aliphatic heterocycles. The number of nitrogens with one attached hydrogen (secondary N) is 1. The highest BCUT2D eigenvalue weighted by atomic mass is 35.5. The van der Waals surface area contributed by atoms with E-state index in [0.29, 0.717) is 24.4 Å². The number of benzene rings is 1. The minimum Gasteiger partial charge on any atom is -0.487 e. The summed E-state index contributed by atoms with van der Waals surface area (Å²) in [5, 5.41) is 3.86. The summed E-state index contributed by atoms with van der Waals surface area (Å²) in [4.78, 5) is 31.4. The molecule has 1 aromatic carbocycles. The molecule has 0 aromatic heterocycles. The number of aliphatic imine (C=N–C) groups is 1. The maximum absolute atomic E-state index is 13.0. The summed E-state index contributed by atoms with van der Waals surface area (Å²) >= 11 is 6.34. The molecular formula is C23H31ClN4O3. The number of carbonyl (C=O) groups excluding carboxylic acids is 2. The summed E-state index contributed by atoms with van der Waals surface area (Å²) < 4.78 is 6.12. The lowest BCUT2D eigenvalue weighted by atomic mass is 9.89. The van der Waals surface area contributed by atoms with E-state index >= 15 is 0 Å². The lowest BCUT2D eigenvalue weighted by Gasteiger charge is -2.38. The molecule has 31 heavy (non-hydrogen) atoms. The van der Waals surface area contributed by atoms with E-state index in [1.54, 1.807) is 0 Å². The van der Waals surface area contributed by atoms with Gasteiger partial charge in [-0.3, -0.25) is 14.5 Å². The van der Waals surface area contributed by atoms with Gasteiger partial charge in [0.1, 0.15) is 11.4 Å². The first kappa shape index (κ1) is 21.9. The summed E-state index contributed by atoms with van der Waals surface area (Å²) in [6.45, 7) is 10.2. The third-order valence-corrected chi connectivity index (χ3v) is 6.73. The zero-order chi connectivity index (χ0) is 22.7. The molecule has 8 heteroatoms. The smallest absolute Gasteiger partial charge is 0.231 e. The highest BCUT2D eigenvalue weighted by Crippen LogP contribution is 2.44. The largest absolute Gasteiger partial charge is 0.487 e. The molecule has 7 nitrogen and oxygen atoms in total. The quantitative estimate of drug-likeness (QED) is 0.741. The van der Waals surface area contributed by atoms with Crippen molar-refractivity contribution in [3.05, 3.63) is 28.3 Å². The van der Waals surface area contributed by atoms with Crippen LogP contribution in [0.25, 0.3) is 0 Å². The number of rotatable bonds is 4. The molecule has 1 saturated carbocycles. The van der Waals surface area contributed by atoms with Crippen LogP contribution in [-0.2, 0) is 9.59 Å². The molecule has 0 bridgehead atoms. The second-order valence-electron chi connectivity index (χ2n) is 10.3. The summed E-state index contributed by atoms with van der Waals surface area (Å²) in [6, 6.07) is 3.65. The molecule has 0 saturated heterocycles. The Balaban J connectivity index is 1.43. The fraction of sp³-hybridized carbons (Fsp3) is 0.609. The summed E-state index contributed by atoms with van der Waals surface area (Å²) in [5.41, 5.74) is 7.01. The van der Waals surface area contributed by atoms with E-state index in [2.05, 4.69) is 10.3 Å². The van der Waals surface area contributed by atoms with Crippen LogP contribution in [0.4, 0.5) is 0 Å². The number of nitrogens with zero attached hydrogens (tertiary/aromatic N) is 2. The van der Waals surface area contributed by atoms with E-state index in [4.69, 9.17) is 22.1 Å². The second kappa shape index (κ2) is 7.40. The van der Waals surface area contributed by atoms with Crippen molar-refractivity contribution in [1.29, 1.82) is 0 Å². The first-order valence-electron chi connectivity index (χ1n) is 10.8. The van der Waals surface area contributed by atoms with Crippen molar-refractivity contribution in [2.75, 3.05) is 6.54 Å². The Bertz CT molecular complexity index is 972. The number of amides is 2. The van der Waals surface area contributed by atoms with E-state index in [9.17, 15) is 9.59 Å². The Morgan fingerprint density at radius 2 is 2.06 bits per heavy atom. The average molecular weight is 447 g/mol. The molecule has 1 aliphatic carbocycles. The van der Waals surface area contributed by atoms with Gasteiger partial charge in [-0.2, -0.15) is 0 Å². The normalized spacial score (nSPS) is 28.3. The van der Waals surface area contributed by atoms with Crippen molar-refractivity contribution in [2.45, 2.75) is 71.1 Å². The van der Waals surface area contributed by atoms with E-state index < -0.39 is 11.1 Å². The number of nitrogens with two attached hydrogens (primary N) is 1. The van der Waals surface area contributed by atoms with E-state index in [-0.39, 0.29) is 35.7 Å². The first-order valence-corrected chi connectivity index (χ1v) is 11.2. The van der Waals surface area contributed by atoms with Gasteiger partial charge in [0.15, 0.2) is 5.96 Å². The zero-order valence-electron chi connectivity index (χ0n) is 18.8. The van der Waals surface area contributed by atoms with Crippen molar-refractivity contribution in [3.8, 4) is 5.75 Å². The molecule has 3 atom stereocenters. The minimum absolute atomic E-state index is 0.00403. The van der Waals surface area contributed by atoms with Gasteiger partial charge in [-0.05, 0) is 64.7 Å². The van der Waals surface area contributed by atoms with Gasteiger partial charge in [0, 0.05) is 29.5 Å². The van der Waals surface area contributed by atoms with Gasteiger partial charge in [-0.25, -0.2) is 4.99 Å². The van der Waals surface area contributed by atoms with Gasteiger partial charge in [-0.15, -0.1) is 0 Å². The minimum atomic E-state index is -0.471. The third kappa shape index (κ3) is 4.52. The number of aryl methyl sites for hydroxylation is 1. The standard InChI is InChI=1S/C23H31ClN4O3/c1-12-6-18-15(8-16(12)24)17(9-23(4,5)31-18)26-20(30)14-7-13(14)11-28-19(29)10-22(2,3)27-21(28)25/h6,8,13-14,17H,7,9-11H2,1-5H3,(H2,25,27)(H,26,30)/t13-,14+,17?/m0/s1. The van der Waals surface area contributed by atoms with Gasteiger partial charge in [0.05, 0.1) is 18.0 Å². The molecule has 2 amide bonds. The van der Waals surface area contributed by atoms with E-state index in [1.165, 1.54) is 4.90 Å². The molecule has 3 aliphatic rings. The molecule has 1 aromatic rings. The van der Waals surface area contributed by atoms with Crippen LogP contribution in [0.1, 0.15) is 64.1 Å². The highest BCUT2D eigenvalue weighted by Gasteiger charge is 2.47. The third-order valence-electron chi connectivity index (χ3n) is 6.32.